The Morgan fingerprint density at radius 1 is 1.38 bits per heavy atom. The highest BCUT2D eigenvalue weighted by Gasteiger charge is 2.20. The molecule has 0 spiro atoms. The van der Waals surface area contributed by atoms with E-state index in [1.807, 2.05) is 0 Å². The lowest BCUT2D eigenvalue weighted by atomic mass is 10.1. The first-order chi connectivity index (χ1) is 9.99. The van der Waals surface area contributed by atoms with Crippen LogP contribution in [-0.4, -0.2) is 56.5 Å². The van der Waals surface area contributed by atoms with Crippen molar-refractivity contribution in [1.82, 2.24) is 10.2 Å². The van der Waals surface area contributed by atoms with E-state index in [4.69, 9.17) is 5.73 Å². The fourth-order valence-electron chi connectivity index (χ4n) is 2.34. The van der Waals surface area contributed by atoms with E-state index in [1.54, 1.807) is 16.8 Å². The molecule has 1 heterocycles. The van der Waals surface area contributed by atoms with Crippen LogP contribution >= 0.6 is 0 Å². The molecule has 6 nitrogen and oxygen atoms in total. The van der Waals surface area contributed by atoms with Crippen molar-refractivity contribution in [3.8, 4) is 0 Å². The first-order valence-corrected chi connectivity index (χ1v) is 6.78. The molecule has 2 amide bonds. The third-order valence-electron chi connectivity index (χ3n) is 3.48. The van der Waals surface area contributed by atoms with E-state index in [-0.39, 0.29) is 18.0 Å². The maximum absolute atomic E-state index is 13.2. The van der Waals surface area contributed by atoms with Crippen LogP contribution in [0.25, 0.3) is 0 Å². The van der Waals surface area contributed by atoms with Crippen molar-refractivity contribution in [2.75, 3.05) is 44.7 Å². The lowest BCUT2D eigenvalue weighted by molar-refractivity contribution is -0.130. The summed E-state index contributed by atoms with van der Waals surface area (Å²) in [5, 5.41) is 3.17. The van der Waals surface area contributed by atoms with Gasteiger partial charge in [0.15, 0.2) is 0 Å². The molecule has 0 aliphatic carbocycles. The van der Waals surface area contributed by atoms with Gasteiger partial charge in [-0.05, 0) is 18.2 Å². The molecule has 1 aliphatic rings. The summed E-state index contributed by atoms with van der Waals surface area (Å²) in [6.07, 6.45) is 0. The van der Waals surface area contributed by atoms with Gasteiger partial charge in [-0.1, -0.05) is 0 Å². The van der Waals surface area contributed by atoms with Gasteiger partial charge < -0.3 is 20.9 Å². The van der Waals surface area contributed by atoms with E-state index in [2.05, 4.69) is 5.32 Å². The molecule has 1 saturated heterocycles. The summed E-state index contributed by atoms with van der Waals surface area (Å²) in [6, 6.07) is 3.79. The predicted molar refractivity (Wildman–Crippen MR) is 77.6 cm³/mol. The maximum Gasteiger partial charge on any atom is 0.250 e. The van der Waals surface area contributed by atoms with Gasteiger partial charge in [0, 0.05) is 38.9 Å². The largest absolute Gasteiger partial charge is 0.366 e. The zero-order valence-corrected chi connectivity index (χ0v) is 11.9. The van der Waals surface area contributed by atoms with Gasteiger partial charge in [0.05, 0.1) is 12.1 Å². The summed E-state index contributed by atoms with van der Waals surface area (Å²) in [7, 11) is 1.68. The number of hydrogen-bond donors (Lipinski definition) is 2. The van der Waals surface area contributed by atoms with Crippen LogP contribution in [0, 0.1) is 5.82 Å². The monoisotopic (exact) mass is 294 g/mol. The third-order valence-corrected chi connectivity index (χ3v) is 3.48. The number of carbonyl (C=O) groups excluding carboxylic acids is 2. The summed E-state index contributed by atoms with van der Waals surface area (Å²) in [6.45, 7) is 3.00. The van der Waals surface area contributed by atoms with Crippen LogP contribution in [0.5, 0.6) is 0 Å². The number of rotatable bonds is 4. The molecule has 21 heavy (non-hydrogen) atoms. The molecule has 0 unspecified atom stereocenters. The SMILES string of the molecule is CN(CC(=O)N1CCNCC1)c1ccc(F)cc1C(N)=O. The third kappa shape index (κ3) is 3.69. The van der Waals surface area contributed by atoms with E-state index in [9.17, 15) is 14.0 Å². The van der Waals surface area contributed by atoms with E-state index < -0.39 is 11.7 Å². The molecule has 0 saturated carbocycles. The summed E-state index contributed by atoms with van der Waals surface area (Å²) < 4.78 is 13.2. The Kier molecular flexibility index (Phi) is 4.74. The van der Waals surface area contributed by atoms with E-state index >= 15 is 0 Å². The van der Waals surface area contributed by atoms with Gasteiger partial charge in [0.25, 0.3) is 5.91 Å². The lowest BCUT2D eigenvalue weighted by Crippen LogP contribution is -2.49. The Hall–Kier alpha value is -2.15. The van der Waals surface area contributed by atoms with Crippen molar-refractivity contribution < 1.29 is 14.0 Å². The first-order valence-electron chi connectivity index (χ1n) is 6.78. The molecule has 114 valence electrons. The molecule has 1 fully saturated rings. The second-order valence-corrected chi connectivity index (χ2v) is 5.01. The van der Waals surface area contributed by atoms with Crippen molar-refractivity contribution in [1.29, 1.82) is 0 Å². The number of carbonyl (C=O) groups is 2. The number of anilines is 1. The molecule has 0 aromatic heterocycles. The number of likely N-dealkylation sites (N-methyl/N-ethyl adjacent to an activating group) is 1. The van der Waals surface area contributed by atoms with Gasteiger partial charge in [-0.15, -0.1) is 0 Å². The number of nitrogens with zero attached hydrogens (tertiary/aromatic N) is 2. The number of piperazine rings is 1. The molecule has 0 bridgehead atoms. The zero-order valence-electron chi connectivity index (χ0n) is 11.9. The molecular weight excluding hydrogens is 275 g/mol. The fraction of sp³-hybridized carbons (Fsp3) is 0.429. The standard InChI is InChI=1S/C14H19FN4O2/c1-18(9-13(20)19-6-4-17-5-7-19)12-3-2-10(15)8-11(12)14(16)21/h2-3,8,17H,4-7,9H2,1H3,(H2,16,21). The summed E-state index contributed by atoms with van der Waals surface area (Å²) in [5.74, 6) is -1.28. The average molecular weight is 294 g/mol. The Labute approximate surface area is 122 Å². The number of benzene rings is 1. The van der Waals surface area contributed by atoms with E-state index in [0.29, 0.717) is 18.8 Å². The molecule has 1 aromatic carbocycles. The van der Waals surface area contributed by atoms with Crippen molar-refractivity contribution in [3.63, 3.8) is 0 Å². The van der Waals surface area contributed by atoms with Crippen molar-refractivity contribution in [2.24, 2.45) is 5.73 Å². The lowest BCUT2D eigenvalue weighted by Gasteiger charge is -2.30. The van der Waals surface area contributed by atoms with Crippen LogP contribution in [0.3, 0.4) is 0 Å². The molecule has 1 aromatic rings. The smallest absolute Gasteiger partial charge is 0.250 e. The van der Waals surface area contributed by atoms with Gasteiger partial charge >= 0.3 is 0 Å². The van der Waals surface area contributed by atoms with Gasteiger partial charge in [-0.25, -0.2) is 4.39 Å². The molecule has 7 heteroatoms. The van der Waals surface area contributed by atoms with Crippen LogP contribution < -0.4 is 16.0 Å². The van der Waals surface area contributed by atoms with Gasteiger partial charge in [0.2, 0.25) is 5.91 Å². The summed E-state index contributed by atoms with van der Waals surface area (Å²) in [5.41, 5.74) is 5.78. The number of hydrogen-bond acceptors (Lipinski definition) is 4. The van der Waals surface area contributed by atoms with E-state index in [1.165, 1.54) is 12.1 Å². The molecule has 0 atom stereocenters. The summed E-state index contributed by atoms with van der Waals surface area (Å²) in [4.78, 5) is 27.0. The highest BCUT2D eigenvalue weighted by Crippen LogP contribution is 2.20. The van der Waals surface area contributed by atoms with E-state index in [0.717, 1.165) is 19.2 Å². The average Bonchev–Trinajstić information content (AvgIpc) is 2.47. The zero-order chi connectivity index (χ0) is 15.4. The van der Waals surface area contributed by atoms with Crippen LogP contribution in [-0.2, 0) is 4.79 Å². The Morgan fingerprint density at radius 2 is 2.05 bits per heavy atom. The summed E-state index contributed by atoms with van der Waals surface area (Å²) >= 11 is 0. The second-order valence-electron chi connectivity index (χ2n) is 5.01. The van der Waals surface area contributed by atoms with Gasteiger partial charge in [0.1, 0.15) is 5.82 Å². The number of nitrogens with one attached hydrogen (secondary N) is 1. The number of halogens is 1. The minimum Gasteiger partial charge on any atom is -0.366 e. The second kappa shape index (κ2) is 6.53. The first kappa shape index (κ1) is 15.2. The minimum atomic E-state index is -0.717. The molecule has 3 N–H and O–H groups in total. The number of amides is 2. The normalized spacial score (nSPS) is 14.9. The highest BCUT2D eigenvalue weighted by atomic mass is 19.1. The minimum absolute atomic E-state index is 0.0289. The molecular formula is C14H19FN4O2. The molecule has 2 rings (SSSR count). The topological polar surface area (TPSA) is 78.7 Å². The molecule has 1 aliphatic heterocycles. The Bertz CT molecular complexity index is 544. The number of nitrogens with two attached hydrogens (primary N) is 1. The van der Waals surface area contributed by atoms with Crippen LogP contribution in [0.15, 0.2) is 18.2 Å². The van der Waals surface area contributed by atoms with Crippen molar-refractivity contribution >= 4 is 17.5 Å². The van der Waals surface area contributed by atoms with Gasteiger partial charge in [-0.2, -0.15) is 0 Å². The van der Waals surface area contributed by atoms with Crippen LogP contribution in [0.2, 0.25) is 0 Å². The predicted octanol–water partition coefficient (Wildman–Crippen LogP) is -0.207. The van der Waals surface area contributed by atoms with Gasteiger partial charge in [-0.3, -0.25) is 9.59 Å². The molecule has 0 radical (unpaired) electrons. The Morgan fingerprint density at radius 3 is 2.67 bits per heavy atom. The van der Waals surface area contributed by atoms with Crippen LogP contribution in [0.4, 0.5) is 10.1 Å². The maximum atomic E-state index is 13.2. The quantitative estimate of drug-likeness (QED) is 0.805. The number of primary amides is 1. The van der Waals surface area contributed by atoms with Crippen LogP contribution in [0.1, 0.15) is 10.4 Å². The fourth-order valence-corrected chi connectivity index (χ4v) is 2.34. The van der Waals surface area contributed by atoms with Crippen molar-refractivity contribution in [2.45, 2.75) is 0 Å². The Balaban J connectivity index is 2.11. The van der Waals surface area contributed by atoms with Crippen molar-refractivity contribution in [3.05, 3.63) is 29.6 Å². The highest BCUT2D eigenvalue weighted by molar-refractivity contribution is 5.99.